The first-order valence-corrected chi connectivity index (χ1v) is 6.99. The maximum Gasteiger partial charge on any atom is 0.274 e. The third kappa shape index (κ3) is 1.85. The van der Waals surface area contributed by atoms with Crippen molar-refractivity contribution in [1.82, 2.24) is 14.6 Å². The largest absolute Gasteiger partial charge is 0.383 e. The molecule has 1 aromatic carbocycles. The first-order chi connectivity index (χ1) is 9.86. The molecule has 2 N–H and O–H groups in total. The first kappa shape index (κ1) is 13.7. The topological polar surface area (TPSA) is 64.2 Å². The normalized spacial score (nSPS) is 20.6. The van der Waals surface area contributed by atoms with Crippen molar-refractivity contribution in [3.63, 3.8) is 0 Å². The number of fused-ring (bicyclic) bond motifs is 1. The number of aromatic nitrogens is 2. The third-order valence-electron chi connectivity index (χ3n) is 3.94. The number of hydrogen-bond donors (Lipinski definition) is 1. The van der Waals surface area contributed by atoms with Crippen molar-refractivity contribution in [2.24, 2.45) is 5.10 Å². The van der Waals surface area contributed by atoms with Gasteiger partial charge in [0.1, 0.15) is 29.5 Å². The monoisotopic (exact) mass is 282 g/mol. The highest BCUT2D eigenvalue weighted by Gasteiger charge is 2.51. The summed E-state index contributed by atoms with van der Waals surface area (Å²) in [5.41, 5.74) is 8.89. The van der Waals surface area contributed by atoms with Crippen LogP contribution in [0, 0.1) is 6.92 Å². The van der Waals surface area contributed by atoms with Gasteiger partial charge in [-0.3, -0.25) is 0 Å². The fraction of sp³-hybridized carbons (Fsp3) is 0.312. The van der Waals surface area contributed by atoms with Gasteiger partial charge in [-0.2, -0.15) is 4.98 Å². The summed E-state index contributed by atoms with van der Waals surface area (Å²) >= 11 is 0. The fourth-order valence-corrected chi connectivity index (χ4v) is 2.81. The summed E-state index contributed by atoms with van der Waals surface area (Å²) in [5, 5.41) is 4.80. The van der Waals surface area contributed by atoms with E-state index in [0.29, 0.717) is 10.4 Å². The van der Waals surface area contributed by atoms with E-state index < -0.39 is 0 Å². The summed E-state index contributed by atoms with van der Waals surface area (Å²) in [6.45, 7) is 8.53. The molecule has 0 fully saturated rings. The molecule has 3 rings (SSSR count). The molecule has 0 spiro atoms. The second-order valence-electron chi connectivity index (χ2n) is 6.38. The van der Waals surface area contributed by atoms with Gasteiger partial charge in [0.15, 0.2) is 5.69 Å². The van der Waals surface area contributed by atoms with Crippen LogP contribution in [0.3, 0.4) is 0 Å². The van der Waals surface area contributed by atoms with Crippen LogP contribution in [-0.2, 0) is 0 Å². The molecule has 5 nitrogen and oxygen atoms in total. The van der Waals surface area contributed by atoms with Gasteiger partial charge < -0.3 is 5.73 Å². The lowest BCUT2D eigenvalue weighted by Crippen LogP contribution is -2.53. The van der Waals surface area contributed by atoms with Gasteiger partial charge in [0.25, 0.3) is 5.82 Å². The van der Waals surface area contributed by atoms with Gasteiger partial charge in [-0.15, -0.1) is 4.59 Å². The van der Waals surface area contributed by atoms with E-state index >= 15 is 0 Å². The number of nitrogens with zero attached hydrogens (tertiary/aromatic N) is 4. The highest BCUT2D eigenvalue weighted by Crippen LogP contribution is 2.46. The third-order valence-corrected chi connectivity index (χ3v) is 3.94. The predicted octanol–water partition coefficient (Wildman–Crippen LogP) is 3.15. The Balaban J connectivity index is 2.31. The zero-order valence-corrected chi connectivity index (χ0v) is 12.8. The number of anilines is 1. The quantitative estimate of drug-likeness (QED) is 0.817. The molecule has 0 bridgehead atoms. The predicted molar refractivity (Wildman–Crippen MR) is 86.4 cm³/mol. The lowest BCUT2D eigenvalue weighted by Gasteiger charge is -2.39. The molecule has 1 atom stereocenters. The molecular formula is C16H20N5+. The average Bonchev–Trinajstić information content (AvgIpc) is 2.81. The van der Waals surface area contributed by atoms with Crippen molar-refractivity contribution in [3.05, 3.63) is 41.7 Å². The van der Waals surface area contributed by atoms with Gasteiger partial charge in [0.2, 0.25) is 0 Å². The van der Waals surface area contributed by atoms with Crippen molar-refractivity contribution in [1.29, 1.82) is 0 Å². The molecule has 5 heteroatoms. The van der Waals surface area contributed by atoms with Gasteiger partial charge >= 0.3 is 0 Å². The van der Waals surface area contributed by atoms with Crippen molar-refractivity contribution >= 4 is 23.5 Å². The van der Waals surface area contributed by atoms with Crippen LogP contribution in [0.5, 0.6) is 0 Å². The Hall–Kier alpha value is -2.27. The van der Waals surface area contributed by atoms with E-state index in [4.69, 9.17) is 10.8 Å². The Kier molecular flexibility index (Phi) is 2.85. The van der Waals surface area contributed by atoms with Gasteiger partial charge in [-0.1, -0.05) is 22.8 Å². The maximum absolute atomic E-state index is 5.99. The molecule has 0 saturated carbocycles. The van der Waals surface area contributed by atoms with Crippen molar-refractivity contribution in [2.45, 2.75) is 33.2 Å². The summed E-state index contributed by atoms with van der Waals surface area (Å²) in [6, 6.07) is 8.40. The van der Waals surface area contributed by atoms with Gasteiger partial charge in [0.05, 0.1) is 0 Å². The van der Waals surface area contributed by atoms with Gasteiger partial charge in [-0.25, -0.2) is 4.98 Å². The average molecular weight is 282 g/mol. The Bertz CT molecular complexity index is 712. The second-order valence-corrected chi connectivity index (χ2v) is 6.38. The van der Waals surface area contributed by atoms with Crippen LogP contribution < -0.4 is 10.3 Å². The number of nitrogens with two attached hydrogens (primary N) is 1. The van der Waals surface area contributed by atoms with Crippen molar-refractivity contribution in [2.75, 3.05) is 5.73 Å². The lowest BCUT2D eigenvalue weighted by molar-refractivity contribution is 0.225. The van der Waals surface area contributed by atoms with E-state index in [0.717, 1.165) is 17.1 Å². The molecule has 1 aliphatic heterocycles. The second kappa shape index (κ2) is 4.36. The number of benzene rings is 1. The molecule has 0 amide bonds. The SMILES string of the molecule is Cc1ccc([N+]2(C(C)(C)C)N=Cc3c(N)ncnc32)cc1. The van der Waals surface area contributed by atoms with E-state index in [-0.39, 0.29) is 5.54 Å². The van der Waals surface area contributed by atoms with E-state index in [1.165, 1.54) is 11.9 Å². The number of quaternary nitrogens is 1. The molecule has 21 heavy (non-hydrogen) atoms. The van der Waals surface area contributed by atoms with Crippen LogP contribution in [0.15, 0.2) is 35.7 Å². The van der Waals surface area contributed by atoms with Crippen LogP contribution in [0.4, 0.5) is 17.3 Å². The summed E-state index contributed by atoms with van der Waals surface area (Å²) in [7, 11) is 0. The molecule has 0 aliphatic carbocycles. The molecule has 1 aromatic heterocycles. The number of hydrogen-bond acceptors (Lipinski definition) is 4. The first-order valence-electron chi connectivity index (χ1n) is 6.99. The van der Waals surface area contributed by atoms with Crippen molar-refractivity contribution in [3.8, 4) is 0 Å². The molecule has 0 saturated heterocycles. The van der Waals surface area contributed by atoms with Gasteiger partial charge in [-0.05, 0) is 27.7 Å². The Labute approximate surface area is 124 Å². The number of rotatable bonds is 1. The summed E-state index contributed by atoms with van der Waals surface area (Å²) < 4.78 is 0.301. The fourth-order valence-electron chi connectivity index (χ4n) is 2.81. The van der Waals surface area contributed by atoms with Crippen LogP contribution in [-0.4, -0.2) is 21.7 Å². The van der Waals surface area contributed by atoms with Crippen LogP contribution >= 0.6 is 0 Å². The summed E-state index contributed by atoms with van der Waals surface area (Å²) in [4.78, 5) is 8.57. The molecule has 108 valence electrons. The minimum absolute atomic E-state index is 0.197. The molecule has 1 aliphatic rings. The number of aryl methyl sites for hydroxylation is 1. The van der Waals surface area contributed by atoms with E-state index in [1.54, 1.807) is 6.21 Å². The molecule has 0 radical (unpaired) electrons. The highest BCUT2D eigenvalue weighted by molar-refractivity contribution is 5.96. The van der Waals surface area contributed by atoms with Crippen LogP contribution in [0.2, 0.25) is 0 Å². The zero-order valence-electron chi connectivity index (χ0n) is 12.8. The Morgan fingerprint density at radius 1 is 1.05 bits per heavy atom. The van der Waals surface area contributed by atoms with E-state index in [9.17, 15) is 0 Å². The Morgan fingerprint density at radius 2 is 1.71 bits per heavy atom. The zero-order chi connectivity index (χ0) is 15.3. The Morgan fingerprint density at radius 3 is 2.33 bits per heavy atom. The smallest absolute Gasteiger partial charge is 0.274 e. The summed E-state index contributed by atoms with van der Waals surface area (Å²) in [6.07, 6.45) is 3.30. The molecule has 2 aromatic rings. The molecule has 1 unspecified atom stereocenters. The van der Waals surface area contributed by atoms with Crippen LogP contribution in [0.25, 0.3) is 0 Å². The molecular weight excluding hydrogens is 262 g/mol. The summed E-state index contributed by atoms with van der Waals surface area (Å²) in [5.74, 6) is 1.30. The minimum atomic E-state index is -0.197. The van der Waals surface area contributed by atoms with Crippen molar-refractivity contribution < 1.29 is 0 Å². The molecule has 2 heterocycles. The standard InChI is InChI=1S/C16H20N5/c1-11-5-7-12(8-6-11)21(16(2,3)4)15-13(9-20-21)14(17)18-10-19-15/h5-10H,1-4H3,(H2,17,18,19)/q+1. The van der Waals surface area contributed by atoms with E-state index in [1.807, 2.05) is 0 Å². The van der Waals surface area contributed by atoms with Crippen LogP contribution in [0.1, 0.15) is 31.9 Å². The maximum atomic E-state index is 5.99. The van der Waals surface area contributed by atoms with Gasteiger partial charge in [0, 0.05) is 12.1 Å². The van der Waals surface area contributed by atoms with E-state index in [2.05, 4.69) is 61.9 Å². The number of nitrogen functional groups attached to an aromatic ring is 1. The highest BCUT2D eigenvalue weighted by atomic mass is 15.7. The minimum Gasteiger partial charge on any atom is -0.383 e. The lowest BCUT2D eigenvalue weighted by atomic mass is 10.0.